The van der Waals surface area contributed by atoms with Gasteiger partial charge in [0.15, 0.2) is 0 Å². The van der Waals surface area contributed by atoms with Crippen LogP contribution < -0.4 is 5.32 Å². The van der Waals surface area contributed by atoms with Gasteiger partial charge in [-0.05, 0) is 61.7 Å². The van der Waals surface area contributed by atoms with Gasteiger partial charge in [0.05, 0.1) is 15.1 Å². The van der Waals surface area contributed by atoms with Crippen molar-refractivity contribution >= 4 is 54.8 Å². The molecule has 0 unspecified atom stereocenters. The summed E-state index contributed by atoms with van der Waals surface area (Å²) in [4.78, 5) is 10.5. The van der Waals surface area contributed by atoms with Gasteiger partial charge in [0.1, 0.15) is 0 Å². The molecular formula is C13H9Br2ClN2O2. The summed E-state index contributed by atoms with van der Waals surface area (Å²) in [5.74, 6) is 0. The molecule has 0 saturated carbocycles. The Balaban J connectivity index is 2.17. The highest BCUT2D eigenvalue weighted by Gasteiger charge is 2.12. The van der Waals surface area contributed by atoms with E-state index in [9.17, 15) is 10.1 Å². The summed E-state index contributed by atoms with van der Waals surface area (Å²) in [6.07, 6.45) is 0. The van der Waals surface area contributed by atoms with Crippen molar-refractivity contribution in [2.75, 3.05) is 5.32 Å². The van der Waals surface area contributed by atoms with Crippen LogP contribution in [0.2, 0.25) is 5.02 Å². The third-order valence-corrected chi connectivity index (χ3v) is 4.22. The molecule has 0 saturated heterocycles. The molecule has 104 valence electrons. The fourth-order valence-corrected chi connectivity index (χ4v) is 2.59. The molecule has 20 heavy (non-hydrogen) atoms. The molecule has 0 aromatic heterocycles. The number of rotatable bonds is 4. The molecule has 4 nitrogen and oxygen atoms in total. The number of anilines is 1. The summed E-state index contributed by atoms with van der Waals surface area (Å²) in [5.41, 5.74) is 1.70. The van der Waals surface area contributed by atoms with E-state index in [1.165, 1.54) is 6.07 Å². The van der Waals surface area contributed by atoms with E-state index in [0.717, 1.165) is 15.7 Å². The van der Waals surface area contributed by atoms with E-state index in [4.69, 9.17) is 11.6 Å². The summed E-state index contributed by atoms with van der Waals surface area (Å²) >= 11 is 12.5. The van der Waals surface area contributed by atoms with Crippen LogP contribution in [0.3, 0.4) is 0 Å². The van der Waals surface area contributed by atoms with Crippen LogP contribution in [0.1, 0.15) is 5.56 Å². The molecule has 0 radical (unpaired) electrons. The summed E-state index contributed by atoms with van der Waals surface area (Å²) in [5, 5.41) is 14.7. The molecule has 1 N–H and O–H groups in total. The van der Waals surface area contributed by atoms with Crippen molar-refractivity contribution in [1.29, 1.82) is 0 Å². The van der Waals surface area contributed by atoms with E-state index < -0.39 is 4.92 Å². The topological polar surface area (TPSA) is 55.2 Å². The monoisotopic (exact) mass is 418 g/mol. The van der Waals surface area contributed by atoms with E-state index in [2.05, 4.69) is 37.2 Å². The predicted molar refractivity (Wildman–Crippen MR) is 87.3 cm³/mol. The normalized spacial score (nSPS) is 10.3. The molecule has 0 heterocycles. The molecule has 0 aliphatic rings. The molecule has 2 aromatic carbocycles. The van der Waals surface area contributed by atoms with Crippen molar-refractivity contribution in [3.8, 4) is 0 Å². The van der Waals surface area contributed by atoms with Crippen molar-refractivity contribution in [2.24, 2.45) is 0 Å². The van der Waals surface area contributed by atoms with Crippen LogP contribution >= 0.6 is 43.5 Å². The molecule has 0 aliphatic carbocycles. The van der Waals surface area contributed by atoms with E-state index in [0.29, 0.717) is 16.0 Å². The van der Waals surface area contributed by atoms with Crippen LogP contribution in [0.15, 0.2) is 45.3 Å². The number of halogens is 3. The molecule has 0 fully saturated rings. The Morgan fingerprint density at radius 1 is 1.15 bits per heavy atom. The number of hydrogen-bond donors (Lipinski definition) is 1. The molecule has 0 atom stereocenters. The lowest BCUT2D eigenvalue weighted by Gasteiger charge is -2.09. The number of nitrogens with zero attached hydrogens (tertiary/aromatic N) is 1. The summed E-state index contributed by atoms with van der Waals surface area (Å²) in [6.45, 7) is 0.465. The maximum Gasteiger partial charge on any atom is 0.283 e. The molecule has 7 heteroatoms. The largest absolute Gasteiger partial charge is 0.380 e. The zero-order valence-corrected chi connectivity index (χ0v) is 14.0. The van der Waals surface area contributed by atoms with E-state index in [1.54, 1.807) is 18.2 Å². The van der Waals surface area contributed by atoms with Gasteiger partial charge in [-0.2, -0.15) is 0 Å². The number of hydrogen-bond acceptors (Lipinski definition) is 3. The van der Waals surface area contributed by atoms with Crippen LogP contribution in [0.4, 0.5) is 11.4 Å². The van der Waals surface area contributed by atoms with Crippen molar-refractivity contribution in [2.45, 2.75) is 6.54 Å². The van der Waals surface area contributed by atoms with Gasteiger partial charge in [0.25, 0.3) is 5.69 Å². The van der Waals surface area contributed by atoms with E-state index >= 15 is 0 Å². The Hall–Kier alpha value is -1.11. The number of nitro groups is 1. The van der Waals surface area contributed by atoms with Crippen LogP contribution in [0, 0.1) is 10.1 Å². The summed E-state index contributed by atoms with van der Waals surface area (Å²) in [6, 6.07) is 10.4. The van der Waals surface area contributed by atoms with Gasteiger partial charge in [-0.25, -0.2) is 0 Å². The lowest BCUT2D eigenvalue weighted by atomic mass is 10.2. The first kappa shape index (κ1) is 15.3. The Morgan fingerprint density at radius 2 is 1.85 bits per heavy atom. The first-order valence-electron chi connectivity index (χ1n) is 5.59. The lowest BCUT2D eigenvalue weighted by Crippen LogP contribution is -2.01. The Morgan fingerprint density at radius 3 is 2.55 bits per heavy atom. The van der Waals surface area contributed by atoms with Crippen molar-refractivity contribution in [3.63, 3.8) is 0 Å². The van der Waals surface area contributed by atoms with Gasteiger partial charge in [-0.1, -0.05) is 17.7 Å². The zero-order chi connectivity index (χ0) is 14.7. The average Bonchev–Trinajstić information content (AvgIpc) is 2.41. The second-order valence-electron chi connectivity index (χ2n) is 4.02. The van der Waals surface area contributed by atoms with Crippen LogP contribution in [0.25, 0.3) is 0 Å². The van der Waals surface area contributed by atoms with E-state index in [-0.39, 0.29) is 5.69 Å². The van der Waals surface area contributed by atoms with Gasteiger partial charge in [-0.3, -0.25) is 10.1 Å². The SMILES string of the molecule is O=[N+]([O-])c1cc(CNc2cc(Cl)ccc2Br)ccc1Br. The third-order valence-electron chi connectivity index (χ3n) is 2.62. The van der Waals surface area contributed by atoms with Gasteiger partial charge < -0.3 is 5.32 Å². The molecule has 2 aromatic rings. The molecule has 0 bridgehead atoms. The van der Waals surface area contributed by atoms with Crippen LogP contribution in [-0.2, 0) is 6.54 Å². The maximum atomic E-state index is 10.9. The highest BCUT2D eigenvalue weighted by Crippen LogP contribution is 2.28. The zero-order valence-electron chi connectivity index (χ0n) is 10.1. The minimum absolute atomic E-state index is 0.0504. The fourth-order valence-electron chi connectivity index (χ4n) is 1.64. The fraction of sp³-hybridized carbons (Fsp3) is 0.0769. The quantitative estimate of drug-likeness (QED) is 0.533. The van der Waals surface area contributed by atoms with Gasteiger partial charge in [0, 0.05) is 22.1 Å². The van der Waals surface area contributed by atoms with Gasteiger partial charge in [0.2, 0.25) is 0 Å². The lowest BCUT2D eigenvalue weighted by molar-refractivity contribution is -0.385. The summed E-state index contributed by atoms with van der Waals surface area (Å²) < 4.78 is 1.35. The predicted octanol–water partition coefficient (Wildman–Crippen LogP) is 5.39. The van der Waals surface area contributed by atoms with Crippen molar-refractivity contribution in [1.82, 2.24) is 0 Å². The second-order valence-corrected chi connectivity index (χ2v) is 6.17. The average molecular weight is 420 g/mol. The number of nitrogens with one attached hydrogen (secondary N) is 1. The highest BCUT2D eigenvalue weighted by molar-refractivity contribution is 9.11. The van der Waals surface area contributed by atoms with Gasteiger partial charge >= 0.3 is 0 Å². The molecule has 0 spiro atoms. The van der Waals surface area contributed by atoms with Gasteiger partial charge in [-0.15, -0.1) is 0 Å². The summed E-state index contributed by atoms with van der Waals surface area (Å²) in [7, 11) is 0. The molecular weight excluding hydrogens is 411 g/mol. The first-order valence-corrected chi connectivity index (χ1v) is 7.55. The molecule has 0 aliphatic heterocycles. The van der Waals surface area contributed by atoms with E-state index in [1.807, 2.05) is 12.1 Å². The Bertz CT molecular complexity index is 665. The van der Waals surface area contributed by atoms with Crippen molar-refractivity contribution < 1.29 is 4.92 Å². The molecule has 2 rings (SSSR count). The number of nitro benzene ring substituents is 1. The maximum absolute atomic E-state index is 10.9. The standard InChI is InChI=1S/C13H9Br2ClN2O2/c14-10-4-2-9(16)6-12(10)17-7-8-1-3-11(15)13(5-8)18(19)20/h1-6,17H,7H2. The Labute approximate surface area is 137 Å². The first-order chi connectivity index (χ1) is 9.47. The Kier molecular flexibility index (Phi) is 5.01. The highest BCUT2D eigenvalue weighted by atomic mass is 79.9. The minimum atomic E-state index is -0.414. The minimum Gasteiger partial charge on any atom is -0.380 e. The van der Waals surface area contributed by atoms with Crippen LogP contribution in [0.5, 0.6) is 0 Å². The second kappa shape index (κ2) is 6.56. The smallest absolute Gasteiger partial charge is 0.283 e. The number of benzene rings is 2. The van der Waals surface area contributed by atoms with Crippen molar-refractivity contribution in [3.05, 3.63) is 66.0 Å². The molecule has 0 amide bonds. The third kappa shape index (κ3) is 3.71. The van der Waals surface area contributed by atoms with Crippen LogP contribution in [-0.4, -0.2) is 4.92 Å².